The van der Waals surface area contributed by atoms with Gasteiger partial charge in [-0.15, -0.1) is 0 Å². The Morgan fingerprint density at radius 3 is 3.27 bits per heavy atom. The van der Waals surface area contributed by atoms with Crippen LogP contribution in [0.4, 0.5) is 0 Å². The van der Waals surface area contributed by atoms with E-state index in [0.29, 0.717) is 13.0 Å². The van der Waals surface area contributed by atoms with E-state index in [-0.39, 0.29) is 11.8 Å². The van der Waals surface area contributed by atoms with Gasteiger partial charge in [-0.2, -0.15) is 0 Å². The largest absolute Gasteiger partial charge is 0.498 e. The molecule has 0 aromatic rings. The van der Waals surface area contributed by atoms with E-state index >= 15 is 0 Å². The molecule has 1 heterocycles. The molecule has 1 fully saturated rings. The fourth-order valence-electron chi connectivity index (χ4n) is 1.84. The van der Waals surface area contributed by atoms with Crippen molar-refractivity contribution in [2.24, 2.45) is 11.8 Å². The van der Waals surface area contributed by atoms with Gasteiger partial charge in [0, 0.05) is 5.92 Å². The topological polar surface area (TPSA) is 46.5 Å². The fraction of sp³-hybridized carbons (Fsp3) is 0.625. The summed E-state index contributed by atoms with van der Waals surface area (Å²) in [6.45, 7) is 0.695. The summed E-state index contributed by atoms with van der Waals surface area (Å²) in [6, 6.07) is 0. The van der Waals surface area contributed by atoms with Gasteiger partial charge in [0.25, 0.3) is 0 Å². The van der Waals surface area contributed by atoms with Gasteiger partial charge in [-0.3, -0.25) is 4.79 Å². The van der Waals surface area contributed by atoms with Gasteiger partial charge in [0.2, 0.25) is 0 Å². The molecule has 11 heavy (non-hydrogen) atoms. The highest BCUT2D eigenvalue weighted by Gasteiger charge is 2.38. The van der Waals surface area contributed by atoms with Crippen molar-refractivity contribution in [3.8, 4) is 0 Å². The summed E-state index contributed by atoms with van der Waals surface area (Å²) in [6.07, 6.45) is 3.44. The van der Waals surface area contributed by atoms with Crippen LogP contribution in [0, 0.1) is 11.8 Å². The van der Waals surface area contributed by atoms with Crippen molar-refractivity contribution >= 4 is 5.97 Å². The maximum atomic E-state index is 10.7. The van der Waals surface area contributed by atoms with Gasteiger partial charge >= 0.3 is 5.97 Å². The number of aliphatic carboxylic acids is 1. The molecular formula is C8H10O3. The Morgan fingerprint density at radius 2 is 2.55 bits per heavy atom. The molecule has 0 aromatic carbocycles. The second-order valence-corrected chi connectivity index (χ2v) is 3.03. The monoisotopic (exact) mass is 154 g/mol. The molecule has 1 N–H and O–H groups in total. The Kier molecular flexibility index (Phi) is 1.37. The van der Waals surface area contributed by atoms with Crippen LogP contribution in [-0.2, 0) is 9.53 Å². The Morgan fingerprint density at radius 1 is 1.73 bits per heavy atom. The number of fused-ring (bicyclic) bond motifs is 1. The van der Waals surface area contributed by atoms with Crippen LogP contribution in [0.3, 0.4) is 0 Å². The molecule has 2 unspecified atom stereocenters. The van der Waals surface area contributed by atoms with Crippen molar-refractivity contribution in [2.75, 3.05) is 6.61 Å². The summed E-state index contributed by atoms with van der Waals surface area (Å²) in [5.74, 6) is 0.184. The number of rotatable bonds is 1. The average molecular weight is 154 g/mol. The zero-order valence-corrected chi connectivity index (χ0v) is 6.12. The number of carboxylic acid groups (broad SMARTS) is 1. The van der Waals surface area contributed by atoms with Crippen molar-refractivity contribution in [1.29, 1.82) is 0 Å². The van der Waals surface area contributed by atoms with Crippen molar-refractivity contribution in [1.82, 2.24) is 0 Å². The minimum atomic E-state index is -0.688. The number of carbonyl (C=O) groups is 1. The lowest BCUT2D eigenvalue weighted by Gasteiger charge is -2.09. The van der Waals surface area contributed by atoms with Gasteiger partial charge in [0.1, 0.15) is 0 Å². The van der Waals surface area contributed by atoms with E-state index in [9.17, 15) is 4.79 Å². The van der Waals surface area contributed by atoms with Gasteiger partial charge in [-0.1, -0.05) is 0 Å². The van der Waals surface area contributed by atoms with Crippen LogP contribution in [0.1, 0.15) is 12.8 Å². The summed E-state index contributed by atoms with van der Waals surface area (Å²) in [4.78, 5) is 10.7. The first-order valence-electron chi connectivity index (χ1n) is 3.84. The molecule has 3 heteroatoms. The summed E-state index contributed by atoms with van der Waals surface area (Å²) in [5, 5.41) is 8.77. The first-order valence-corrected chi connectivity index (χ1v) is 3.84. The zero-order valence-electron chi connectivity index (χ0n) is 6.12. The van der Waals surface area contributed by atoms with Gasteiger partial charge in [-0.25, -0.2) is 0 Å². The second kappa shape index (κ2) is 2.26. The van der Waals surface area contributed by atoms with E-state index in [1.165, 1.54) is 0 Å². The maximum Gasteiger partial charge on any atom is 0.307 e. The molecule has 0 amide bonds. The van der Waals surface area contributed by atoms with Crippen LogP contribution in [0.5, 0.6) is 0 Å². The number of hydrogen-bond acceptors (Lipinski definition) is 2. The highest BCUT2D eigenvalue weighted by molar-refractivity contribution is 5.72. The minimum absolute atomic E-state index is 0.174. The smallest absolute Gasteiger partial charge is 0.307 e. The highest BCUT2D eigenvalue weighted by atomic mass is 16.5. The average Bonchev–Trinajstić information content (AvgIpc) is 2.41. The zero-order chi connectivity index (χ0) is 7.84. The van der Waals surface area contributed by atoms with Crippen LogP contribution in [0.2, 0.25) is 0 Å². The molecule has 1 aliphatic heterocycles. The molecule has 0 bridgehead atoms. The SMILES string of the molecule is O=C(O)C1CC=C2OCCC21. The van der Waals surface area contributed by atoms with Crippen LogP contribution in [0.15, 0.2) is 11.8 Å². The van der Waals surface area contributed by atoms with Crippen molar-refractivity contribution < 1.29 is 14.6 Å². The normalized spacial score (nSPS) is 34.4. The molecule has 3 nitrogen and oxygen atoms in total. The molecule has 2 aliphatic rings. The molecule has 0 aromatic heterocycles. The predicted octanol–water partition coefficient (Wildman–Crippen LogP) is 1.01. The standard InChI is InChI=1S/C8H10O3/c9-8(10)6-1-2-7-5(6)3-4-11-7/h2,5-6H,1,3-4H2,(H,9,10). The Bertz CT molecular complexity index is 219. The molecule has 2 atom stereocenters. The van der Waals surface area contributed by atoms with E-state index < -0.39 is 5.97 Å². The van der Waals surface area contributed by atoms with Gasteiger partial charge in [0.15, 0.2) is 0 Å². The fourth-order valence-corrected chi connectivity index (χ4v) is 1.84. The summed E-state index contributed by atoms with van der Waals surface area (Å²) >= 11 is 0. The van der Waals surface area contributed by atoms with Crippen LogP contribution in [-0.4, -0.2) is 17.7 Å². The minimum Gasteiger partial charge on any atom is -0.498 e. The van der Waals surface area contributed by atoms with E-state index in [4.69, 9.17) is 9.84 Å². The van der Waals surface area contributed by atoms with Crippen molar-refractivity contribution in [3.05, 3.63) is 11.8 Å². The maximum absolute atomic E-state index is 10.7. The third-order valence-corrected chi connectivity index (χ3v) is 2.44. The highest BCUT2D eigenvalue weighted by Crippen LogP contribution is 2.39. The molecule has 0 spiro atoms. The first-order chi connectivity index (χ1) is 5.29. The Balaban J connectivity index is 2.15. The lowest BCUT2D eigenvalue weighted by molar-refractivity contribution is -0.142. The van der Waals surface area contributed by atoms with Crippen LogP contribution in [0.25, 0.3) is 0 Å². The molecule has 60 valence electrons. The van der Waals surface area contributed by atoms with Gasteiger partial charge in [0.05, 0.1) is 18.3 Å². The third kappa shape index (κ3) is 0.914. The number of hydrogen-bond donors (Lipinski definition) is 1. The summed E-state index contributed by atoms with van der Waals surface area (Å²) in [5.41, 5.74) is 0. The van der Waals surface area contributed by atoms with E-state index in [2.05, 4.69) is 0 Å². The van der Waals surface area contributed by atoms with E-state index in [1.807, 2.05) is 6.08 Å². The molecule has 1 aliphatic carbocycles. The van der Waals surface area contributed by atoms with Crippen molar-refractivity contribution in [2.45, 2.75) is 12.8 Å². The lowest BCUT2D eigenvalue weighted by Crippen LogP contribution is -2.18. The van der Waals surface area contributed by atoms with Gasteiger partial charge in [-0.05, 0) is 18.9 Å². The summed E-state index contributed by atoms with van der Waals surface area (Å²) in [7, 11) is 0. The number of carboxylic acids is 1. The quantitative estimate of drug-likeness (QED) is 0.613. The molecular weight excluding hydrogens is 144 g/mol. The second-order valence-electron chi connectivity index (χ2n) is 3.03. The Hall–Kier alpha value is -0.990. The first kappa shape index (κ1) is 6.70. The number of allylic oxidation sites excluding steroid dienone is 2. The predicted molar refractivity (Wildman–Crippen MR) is 37.9 cm³/mol. The van der Waals surface area contributed by atoms with Crippen molar-refractivity contribution in [3.63, 3.8) is 0 Å². The Labute approximate surface area is 64.7 Å². The summed E-state index contributed by atoms with van der Waals surface area (Å²) < 4.78 is 5.26. The molecule has 0 saturated carbocycles. The number of ether oxygens (including phenoxy) is 1. The van der Waals surface area contributed by atoms with Gasteiger partial charge < -0.3 is 9.84 Å². The third-order valence-electron chi connectivity index (χ3n) is 2.44. The molecule has 2 rings (SSSR count). The van der Waals surface area contributed by atoms with E-state index in [0.717, 1.165) is 12.2 Å². The van der Waals surface area contributed by atoms with Crippen LogP contribution >= 0.6 is 0 Å². The molecule has 0 radical (unpaired) electrons. The van der Waals surface area contributed by atoms with Crippen LogP contribution < -0.4 is 0 Å². The molecule has 1 saturated heterocycles. The lowest BCUT2D eigenvalue weighted by atomic mass is 9.93. The van der Waals surface area contributed by atoms with E-state index in [1.54, 1.807) is 0 Å².